The van der Waals surface area contributed by atoms with Crippen LogP contribution in [0.15, 0.2) is 33.2 Å². The fourth-order valence-electron chi connectivity index (χ4n) is 2.17. The average molecular weight is 370 g/mol. The Morgan fingerprint density at radius 2 is 1.06 bits per heavy atom. The van der Waals surface area contributed by atoms with Gasteiger partial charge in [0.2, 0.25) is 0 Å². The summed E-state index contributed by atoms with van der Waals surface area (Å²) in [4.78, 5) is 0. The minimum Gasteiger partial charge on any atom is -0.399 e. The van der Waals surface area contributed by atoms with Crippen LogP contribution in [0, 0.1) is 13.8 Å². The quantitative estimate of drug-likeness (QED) is 0.718. The highest BCUT2D eigenvalue weighted by atomic mass is 79.9. The van der Waals surface area contributed by atoms with Crippen LogP contribution in [0.3, 0.4) is 0 Å². The molecule has 18 heavy (non-hydrogen) atoms. The van der Waals surface area contributed by atoms with Crippen molar-refractivity contribution >= 4 is 43.2 Å². The van der Waals surface area contributed by atoms with E-state index in [-0.39, 0.29) is 0 Å². The second-order valence-corrected chi connectivity index (χ2v) is 6.10. The van der Waals surface area contributed by atoms with Gasteiger partial charge in [0.15, 0.2) is 0 Å². The number of aryl methyl sites for hydroxylation is 2. The first-order valence-electron chi connectivity index (χ1n) is 5.51. The maximum atomic E-state index is 5.84. The first-order chi connectivity index (χ1) is 8.40. The zero-order valence-electron chi connectivity index (χ0n) is 10.2. The van der Waals surface area contributed by atoms with Gasteiger partial charge < -0.3 is 11.5 Å². The average Bonchev–Trinajstić information content (AvgIpc) is 2.20. The molecule has 94 valence electrons. The van der Waals surface area contributed by atoms with Crippen molar-refractivity contribution in [2.45, 2.75) is 13.8 Å². The molecule has 4 N–H and O–H groups in total. The number of nitrogens with two attached hydrogens (primary N) is 2. The van der Waals surface area contributed by atoms with Crippen LogP contribution in [0.25, 0.3) is 11.1 Å². The summed E-state index contributed by atoms with van der Waals surface area (Å²) in [6.45, 7) is 4.11. The molecule has 0 heterocycles. The lowest BCUT2D eigenvalue weighted by Gasteiger charge is -2.15. The van der Waals surface area contributed by atoms with Crippen molar-refractivity contribution in [2.75, 3.05) is 11.5 Å². The van der Waals surface area contributed by atoms with Gasteiger partial charge >= 0.3 is 0 Å². The Hall–Kier alpha value is -1.00. The van der Waals surface area contributed by atoms with E-state index in [1.54, 1.807) is 0 Å². The van der Waals surface area contributed by atoms with E-state index in [1.165, 1.54) is 0 Å². The molecule has 0 saturated carbocycles. The van der Waals surface area contributed by atoms with Gasteiger partial charge in [0, 0.05) is 31.4 Å². The summed E-state index contributed by atoms with van der Waals surface area (Å²) in [7, 11) is 0. The molecule has 0 saturated heterocycles. The smallest absolute Gasteiger partial charge is 0.0328 e. The third-order valence-corrected chi connectivity index (χ3v) is 4.12. The summed E-state index contributed by atoms with van der Waals surface area (Å²) in [6.07, 6.45) is 0. The predicted molar refractivity (Wildman–Crippen MR) is 85.6 cm³/mol. The number of anilines is 2. The molecule has 0 spiro atoms. The Kier molecular flexibility index (Phi) is 3.69. The molecule has 0 aromatic heterocycles. The molecule has 0 unspecified atom stereocenters. The standard InChI is InChI=1S/C14H14Br2N2/c1-7-3-9(17)5-11(15)13(7)14-8(2)4-10(18)6-12(14)16/h3-6H,17-18H2,1-2H3. The van der Waals surface area contributed by atoms with Crippen LogP contribution in [0.2, 0.25) is 0 Å². The van der Waals surface area contributed by atoms with Crippen LogP contribution in [-0.2, 0) is 0 Å². The SMILES string of the molecule is Cc1cc(N)cc(Br)c1-c1c(C)cc(N)cc1Br. The topological polar surface area (TPSA) is 52.0 Å². The highest BCUT2D eigenvalue weighted by Gasteiger charge is 2.14. The van der Waals surface area contributed by atoms with E-state index >= 15 is 0 Å². The fourth-order valence-corrected chi connectivity index (χ4v) is 3.73. The molecule has 0 aliphatic carbocycles. The number of nitrogen functional groups attached to an aromatic ring is 2. The first kappa shape index (κ1) is 13.4. The van der Waals surface area contributed by atoms with Gasteiger partial charge in [-0.25, -0.2) is 0 Å². The normalized spacial score (nSPS) is 10.7. The summed E-state index contributed by atoms with van der Waals surface area (Å²) in [5.74, 6) is 0. The number of hydrogen-bond donors (Lipinski definition) is 2. The van der Waals surface area contributed by atoms with E-state index in [0.29, 0.717) is 0 Å². The molecule has 0 aliphatic heterocycles. The maximum absolute atomic E-state index is 5.84. The van der Waals surface area contributed by atoms with E-state index in [4.69, 9.17) is 11.5 Å². The Labute approximate surface area is 124 Å². The summed E-state index contributed by atoms with van der Waals surface area (Å²) in [5.41, 5.74) is 17.8. The lowest BCUT2D eigenvalue weighted by Crippen LogP contribution is -1.95. The van der Waals surface area contributed by atoms with Crippen molar-refractivity contribution in [2.24, 2.45) is 0 Å². The predicted octanol–water partition coefficient (Wildman–Crippen LogP) is 4.66. The Balaban J connectivity index is 2.78. The van der Waals surface area contributed by atoms with E-state index in [0.717, 1.165) is 42.6 Å². The van der Waals surface area contributed by atoms with E-state index in [2.05, 4.69) is 45.7 Å². The molecule has 4 heteroatoms. The molecule has 0 bridgehead atoms. The second kappa shape index (κ2) is 4.94. The number of hydrogen-bond acceptors (Lipinski definition) is 2. The number of halogens is 2. The van der Waals surface area contributed by atoms with Crippen molar-refractivity contribution in [3.05, 3.63) is 44.3 Å². The van der Waals surface area contributed by atoms with Crippen molar-refractivity contribution < 1.29 is 0 Å². The summed E-state index contributed by atoms with van der Waals surface area (Å²) in [5, 5.41) is 0. The molecule has 2 rings (SSSR count). The highest BCUT2D eigenvalue weighted by molar-refractivity contribution is 9.11. The molecule has 2 aromatic carbocycles. The lowest BCUT2D eigenvalue weighted by molar-refractivity contribution is 1.38. The van der Waals surface area contributed by atoms with Gasteiger partial charge in [-0.2, -0.15) is 0 Å². The van der Waals surface area contributed by atoms with Crippen LogP contribution in [0.5, 0.6) is 0 Å². The van der Waals surface area contributed by atoms with Gasteiger partial charge in [-0.15, -0.1) is 0 Å². The third-order valence-electron chi connectivity index (χ3n) is 2.87. The molecular weight excluding hydrogens is 356 g/mol. The second-order valence-electron chi connectivity index (χ2n) is 4.39. The summed E-state index contributed by atoms with van der Waals surface area (Å²) >= 11 is 7.18. The zero-order chi connectivity index (χ0) is 13.4. The van der Waals surface area contributed by atoms with Crippen molar-refractivity contribution in [1.29, 1.82) is 0 Å². The van der Waals surface area contributed by atoms with Crippen LogP contribution < -0.4 is 11.5 Å². The number of benzene rings is 2. The maximum Gasteiger partial charge on any atom is 0.0328 e. The van der Waals surface area contributed by atoms with Crippen LogP contribution >= 0.6 is 31.9 Å². The van der Waals surface area contributed by atoms with Crippen LogP contribution in [0.4, 0.5) is 11.4 Å². The molecule has 2 aromatic rings. The largest absolute Gasteiger partial charge is 0.399 e. The minimum atomic E-state index is 0.757. The van der Waals surface area contributed by atoms with Crippen molar-refractivity contribution in [3.63, 3.8) is 0 Å². The van der Waals surface area contributed by atoms with E-state index in [9.17, 15) is 0 Å². The number of rotatable bonds is 1. The Bertz CT molecular complexity index is 520. The molecule has 0 atom stereocenters. The van der Waals surface area contributed by atoms with Crippen LogP contribution in [-0.4, -0.2) is 0 Å². The first-order valence-corrected chi connectivity index (χ1v) is 7.10. The van der Waals surface area contributed by atoms with Gasteiger partial charge in [-0.3, -0.25) is 0 Å². The monoisotopic (exact) mass is 368 g/mol. The van der Waals surface area contributed by atoms with Gasteiger partial charge in [0.1, 0.15) is 0 Å². The van der Waals surface area contributed by atoms with Gasteiger partial charge in [-0.1, -0.05) is 31.9 Å². The molecule has 0 aliphatic rings. The Morgan fingerprint density at radius 3 is 1.33 bits per heavy atom. The van der Waals surface area contributed by atoms with Gasteiger partial charge in [-0.05, 0) is 49.2 Å². The minimum absolute atomic E-state index is 0.757. The lowest BCUT2D eigenvalue weighted by atomic mass is 9.96. The van der Waals surface area contributed by atoms with Gasteiger partial charge in [0.05, 0.1) is 0 Å². The molecule has 2 nitrogen and oxygen atoms in total. The zero-order valence-corrected chi connectivity index (χ0v) is 13.4. The molecule has 0 radical (unpaired) electrons. The highest BCUT2D eigenvalue weighted by Crippen LogP contribution is 2.40. The molecular formula is C14H14Br2N2. The Morgan fingerprint density at radius 1 is 0.722 bits per heavy atom. The molecule has 0 amide bonds. The third kappa shape index (κ3) is 2.40. The van der Waals surface area contributed by atoms with Crippen LogP contribution in [0.1, 0.15) is 11.1 Å². The van der Waals surface area contributed by atoms with E-state index < -0.39 is 0 Å². The fraction of sp³-hybridized carbons (Fsp3) is 0.143. The van der Waals surface area contributed by atoms with Crippen molar-refractivity contribution in [1.82, 2.24) is 0 Å². The molecule has 0 fully saturated rings. The van der Waals surface area contributed by atoms with Crippen molar-refractivity contribution in [3.8, 4) is 11.1 Å². The van der Waals surface area contributed by atoms with E-state index in [1.807, 2.05) is 24.3 Å². The summed E-state index contributed by atoms with van der Waals surface area (Å²) in [6, 6.07) is 7.79. The van der Waals surface area contributed by atoms with Gasteiger partial charge in [0.25, 0.3) is 0 Å². The summed E-state index contributed by atoms with van der Waals surface area (Å²) < 4.78 is 1.99.